The molecule has 0 saturated heterocycles. The quantitative estimate of drug-likeness (QED) is 0.487. The number of hydrogen-bond donors (Lipinski definition) is 1. The first-order valence-corrected chi connectivity index (χ1v) is 5.56. The number of ketones is 1. The zero-order valence-corrected chi connectivity index (χ0v) is 9.82. The largest absolute Gasteiger partial charge is 0.453 e. The van der Waals surface area contributed by atoms with Crippen LogP contribution in [0.4, 0.5) is 0 Å². The Hall–Kier alpha value is -1.87. The van der Waals surface area contributed by atoms with Gasteiger partial charge >= 0.3 is 0 Å². The number of para-hydroxylation sites is 1. The fourth-order valence-electron chi connectivity index (χ4n) is 1.72. The smallest absolute Gasteiger partial charge is 0.211 e. The fourth-order valence-corrected chi connectivity index (χ4v) is 1.72. The molecule has 0 fully saturated rings. The summed E-state index contributed by atoms with van der Waals surface area (Å²) in [6.45, 7) is 6.43. The molecule has 2 aromatic rings. The number of rotatable bonds is 5. The highest BCUT2D eigenvalue weighted by molar-refractivity contribution is 5.99. The van der Waals surface area contributed by atoms with Crippen molar-refractivity contribution in [1.29, 1.82) is 0 Å². The van der Waals surface area contributed by atoms with E-state index < -0.39 is 0 Å². The number of carbonyl (C=O) groups is 1. The van der Waals surface area contributed by atoms with Crippen molar-refractivity contribution in [2.75, 3.05) is 13.1 Å². The first kappa shape index (κ1) is 11.6. The highest BCUT2D eigenvalue weighted by atomic mass is 16.3. The van der Waals surface area contributed by atoms with Gasteiger partial charge in [-0.15, -0.1) is 6.58 Å². The second kappa shape index (κ2) is 4.97. The van der Waals surface area contributed by atoms with Gasteiger partial charge in [0.15, 0.2) is 5.76 Å². The molecule has 3 nitrogen and oxygen atoms in total. The number of aryl methyl sites for hydroxylation is 1. The lowest BCUT2D eigenvalue weighted by atomic mass is 10.2. The number of Topliss-reactive ketones (excluding diaryl/α,β-unsaturated/α-hetero) is 1. The number of furan rings is 1. The van der Waals surface area contributed by atoms with E-state index in [2.05, 4.69) is 11.9 Å². The molecular weight excluding hydrogens is 214 g/mol. The van der Waals surface area contributed by atoms with Crippen molar-refractivity contribution in [3.63, 3.8) is 0 Å². The Kier molecular flexibility index (Phi) is 3.40. The van der Waals surface area contributed by atoms with Crippen molar-refractivity contribution < 1.29 is 9.21 Å². The summed E-state index contributed by atoms with van der Waals surface area (Å²) in [5, 5.41) is 3.93. The van der Waals surface area contributed by atoms with Gasteiger partial charge in [-0.2, -0.15) is 0 Å². The summed E-state index contributed by atoms with van der Waals surface area (Å²) in [6.07, 6.45) is 1.72. The Labute approximate surface area is 100 Å². The minimum absolute atomic E-state index is 0.0394. The zero-order chi connectivity index (χ0) is 12.3. The second-order valence-corrected chi connectivity index (χ2v) is 3.95. The molecule has 0 amide bonds. The monoisotopic (exact) mass is 229 g/mol. The molecule has 1 aromatic carbocycles. The average molecular weight is 229 g/mol. The number of fused-ring (bicyclic) bond motifs is 1. The molecule has 0 aliphatic rings. The lowest BCUT2D eigenvalue weighted by Gasteiger charge is -1.97. The van der Waals surface area contributed by atoms with Crippen LogP contribution < -0.4 is 5.32 Å². The van der Waals surface area contributed by atoms with Crippen molar-refractivity contribution in [2.24, 2.45) is 0 Å². The van der Waals surface area contributed by atoms with E-state index in [9.17, 15) is 4.79 Å². The van der Waals surface area contributed by atoms with Crippen LogP contribution in [-0.2, 0) is 0 Å². The first-order chi connectivity index (χ1) is 8.22. The summed E-state index contributed by atoms with van der Waals surface area (Å²) in [6, 6.07) is 7.66. The molecule has 3 heteroatoms. The van der Waals surface area contributed by atoms with Crippen molar-refractivity contribution in [1.82, 2.24) is 5.32 Å². The Balaban J connectivity index is 2.21. The Morgan fingerprint density at radius 2 is 2.35 bits per heavy atom. The molecule has 17 heavy (non-hydrogen) atoms. The minimum atomic E-state index is -0.0394. The standard InChI is InChI=1S/C14H15NO2/c1-3-7-15-9-12(16)13-8-11-6-4-5-10(2)14(11)17-13/h3-6,8,15H,1,7,9H2,2H3. The molecule has 1 heterocycles. The number of benzene rings is 1. The predicted molar refractivity (Wildman–Crippen MR) is 68.3 cm³/mol. The zero-order valence-electron chi connectivity index (χ0n) is 9.82. The summed E-state index contributed by atoms with van der Waals surface area (Å²) < 4.78 is 5.58. The van der Waals surface area contributed by atoms with E-state index in [1.165, 1.54) is 0 Å². The maximum Gasteiger partial charge on any atom is 0.211 e. The van der Waals surface area contributed by atoms with Gasteiger partial charge in [0.1, 0.15) is 5.58 Å². The molecule has 0 saturated carbocycles. The highest BCUT2D eigenvalue weighted by Gasteiger charge is 2.12. The average Bonchev–Trinajstić information content (AvgIpc) is 2.75. The molecule has 2 rings (SSSR count). The molecule has 0 spiro atoms. The van der Waals surface area contributed by atoms with Gasteiger partial charge in [-0.05, 0) is 18.6 Å². The van der Waals surface area contributed by atoms with E-state index in [1.807, 2.05) is 25.1 Å². The van der Waals surface area contributed by atoms with Crippen molar-refractivity contribution in [3.05, 3.63) is 48.2 Å². The van der Waals surface area contributed by atoms with Gasteiger partial charge in [0, 0.05) is 11.9 Å². The van der Waals surface area contributed by atoms with E-state index in [0.717, 1.165) is 16.5 Å². The van der Waals surface area contributed by atoms with Crippen molar-refractivity contribution >= 4 is 16.8 Å². The molecule has 1 aromatic heterocycles. The van der Waals surface area contributed by atoms with Gasteiger partial charge in [0.05, 0.1) is 6.54 Å². The van der Waals surface area contributed by atoms with Crippen molar-refractivity contribution in [2.45, 2.75) is 6.92 Å². The normalized spacial score (nSPS) is 10.6. The number of carbonyl (C=O) groups excluding carboxylic acids is 1. The molecule has 0 unspecified atom stereocenters. The van der Waals surface area contributed by atoms with Gasteiger partial charge in [-0.25, -0.2) is 0 Å². The molecule has 0 aliphatic heterocycles. The van der Waals surface area contributed by atoms with E-state index in [1.54, 1.807) is 12.1 Å². The number of nitrogens with one attached hydrogen (secondary N) is 1. The molecule has 88 valence electrons. The van der Waals surface area contributed by atoms with Crippen LogP contribution in [0, 0.1) is 6.92 Å². The fraction of sp³-hybridized carbons (Fsp3) is 0.214. The van der Waals surface area contributed by atoms with Crippen LogP contribution >= 0.6 is 0 Å². The van der Waals surface area contributed by atoms with Gasteiger partial charge < -0.3 is 9.73 Å². The minimum Gasteiger partial charge on any atom is -0.453 e. The number of hydrogen-bond acceptors (Lipinski definition) is 3. The third-order valence-electron chi connectivity index (χ3n) is 2.59. The SMILES string of the molecule is C=CCNCC(=O)c1cc2cccc(C)c2o1. The topological polar surface area (TPSA) is 42.2 Å². The molecule has 0 radical (unpaired) electrons. The van der Waals surface area contributed by atoms with Crippen LogP contribution in [0.3, 0.4) is 0 Å². The summed E-state index contributed by atoms with van der Waals surface area (Å²) in [7, 11) is 0. The van der Waals surface area contributed by atoms with E-state index in [4.69, 9.17) is 4.42 Å². The Morgan fingerprint density at radius 1 is 1.53 bits per heavy atom. The summed E-state index contributed by atoms with van der Waals surface area (Å²) in [4.78, 5) is 11.8. The van der Waals surface area contributed by atoms with Crippen LogP contribution in [0.15, 0.2) is 41.3 Å². The van der Waals surface area contributed by atoms with E-state index >= 15 is 0 Å². The molecule has 0 atom stereocenters. The van der Waals surface area contributed by atoms with Gasteiger partial charge in [0.2, 0.25) is 5.78 Å². The van der Waals surface area contributed by atoms with E-state index in [-0.39, 0.29) is 12.3 Å². The Morgan fingerprint density at radius 3 is 3.06 bits per heavy atom. The second-order valence-electron chi connectivity index (χ2n) is 3.95. The van der Waals surface area contributed by atoms with Crippen LogP contribution in [0.25, 0.3) is 11.0 Å². The van der Waals surface area contributed by atoms with Gasteiger partial charge in [0.25, 0.3) is 0 Å². The summed E-state index contributed by atoms with van der Waals surface area (Å²) in [5.74, 6) is 0.369. The first-order valence-electron chi connectivity index (χ1n) is 5.56. The van der Waals surface area contributed by atoms with Crippen LogP contribution in [0.2, 0.25) is 0 Å². The van der Waals surface area contributed by atoms with Gasteiger partial charge in [-0.3, -0.25) is 4.79 Å². The van der Waals surface area contributed by atoms with E-state index in [0.29, 0.717) is 12.3 Å². The maximum atomic E-state index is 11.8. The Bertz CT molecular complexity index is 554. The molecular formula is C14H15NO2. The van der Waals surface area contributed by atoms with Gasteiger partial charge in [-0.1, -0.05) is 24.3 Å². The van der Waals surface area contributed by atoms with Crippen LogP contribution in [0.5, 0.6) is 0 Å². The molecule has 0 bridgehead atoms. The predicted octanol–water partition coefficient (Wildman–Crippen LogP) is 2.70. The lowest BCUT2D eigenvalue weighted by Crippen LogP contribution is -2.22. The van der Waals surface area contributed by atoms with Crippen molar-refractivity contribution in [3.8, 4) is 0 Å². The maximum absolute atomic E-state index is 11.8. The molecule has 0 aliphatic carbocycles. The molecule has 1 N–H and O–H groups in total. The van der Waals surface area contributed by atoms with Crippen LogP contribution in [-0.4, -0.2) is 18.9 Å². The summed E-state index contributed by atoms with van der Waals surface area (Å²) >= 11 is 0. The third kappa shape index (κ3) is 2.45. The lowest BCUT2D eigenvalue weighted by molar-refractivity contribution is 0.0968. The summed E-state index contributed by atoms with van der Waals surface area (Å²) in [5.41, 5.74) is 1.83. The van der Waals surface area contributed by atoms with Crippen LogP contribution in [0.1, 0.15) is 16.1 Å². The highest BCUT2D eigenvalue weighted by Crippen LogP contribution is 2.22. The third-order valence-corrected chi connectivity index (χ3v) is 2.59.